The molecular formula is C23H18Cl2N2O2. The van der Waals surface area contributed by atoms with Crippen LogP contribution in [0.4, 0.5) is 11.4 Å². The van der Waals surface area contributed by atoms with Crippen molar-refractivity contribution in [2.24, 2.45) is 0 Å². The second-order valence-corrected chi connectivity index (χ2v) is 7.01. The molecule has 0 atom stereocenters. The van der Waals surface area contributed by atoms with E-state index in [-0.39, 0.29) is 11.7 Å². The van der Waals surface area contributed by atoms with Crippen molar-refractivity contribution in [3.8, 4) is 0 Å². The van der Waals surface area contributed by atoms with Crippen LogP contribution in [0.5, 0.6) is 0 Å². The molecule has 0 saturated heterocycles. The quantitative estimate of drug-likeness (QED) is 0.366. The topological polar surface area (TPSA) is 58.2 Å². The fraction of sp³-hybridized carbons (Fsp3) is 0.0435. The average molecular weight is 425 g/mol. The van der Waals surface area contributed by atoms with E-state index in [1.807, 2.05) is 12.1 Å². The number of amides is 1. The third-order valence-electron chi connectivity index (χ3n) is 4.24. The predicted molar refractivity (Wildman–Crippen MR) is 120 cm³/mol. The highest BCUT2D eigenvalue weighted by molar-refractivity contribution is 6.42. The molecule has 0 spiro atoms. The first kappa shape index (κ1) is 20.6. The third-order valence-corrected chi connectivity index (χ3v) is 4.98. The Kier molecular flexibility index (Phi) is 6.70. The van der Waals surface area contributed by atoms with Gasteiger partial charge in [0, 0.05) is 24.0 Å². The second-order valence-electron chi connectivity index (χ2n) is 6.20. The summed E-state index contributed by atoms with van der Waals surface area (Å²) >= 11 is 11.9. The summed E-state index contributed by atoms with van der Waals surface area (Å²) in [5.41, 5.74) is 3.17. The minimum atomic E-state index is -0.228. The number of para-hydroxylation sites is 1. The van der Waals surface area contributed by atoms with Gasteiger partial charge in [-0.3, -0.25) is 9.59 Å². The van der Waals surface area contributed by atoms with Crippen LogP contribution in [0.1, 0.15) is 26.3 Å². The summed E-state index contributed by atoms with van der Waals surface area (Å²) in [5.74, 6) is -0.386. The Morgan fingerprint density at radius 3 is 2.31 bits per heavy atom. The Labute approximate surface area is 179 Å². The summed E-state index contributed by atoms with van der Waals surface area (Å²) < 4.78 is 0. The van der Waals surface area contributed by atoms with Crippen LogP contribution in [0.2, 0.25) is 10.0 Å². The van der Waals surface area contributed by atoms with Gasteiger partial charge >= 0.3 is 0 Å². The summed E-state index contributed by atoms with van der Waals surface area (Å²) in [7, 11) is 1.76. The van der Waals surface area contributed by atoms with Crippen LogP contribution in [0.25, 0.3) is 6.08 Å². The number of carbonyl (C=O) groups is 2. The van der Waals surface area contributed by atoms with Crippen molar-refractivity contribution in [2.45, 2.75) is 0 Å². The van der Waals surface area contributed by atoms with Gasteiger partial charge in [0.1, 0.15) is 0 Å². The lowest BCUT2D eigenvalue weighted by Crippen LogP contribution is -2.14. The van der Waals surface area contributed by atoms with E-state index in [0.29, 0.717) is 26.9 Å². The molecule has 0 fully saturated rings. The summed E-state index contributed by atoms with van der Waals surface area (Å²) in [6.45, 7) is 0. The van der Waals surface area contributed by atoms with Crippen LogP contribution in [0.15, 0.2) is 72.8 Å². The first-order valence-corrected chi connectivity index (χ1v) is 9.59. The Bertz CT molecular complexity index is 1080. The molecule has 0 radical (unpaired) electrons. The van der Waals surface area contributed by atoms with Crippen LogP contribution in [-0.4, -0.2) is 18.7 Å². The molecule has 3 aromatic carbocycles. The molecule has 0 unspecified atom stereocenters. The molecule has 0 aromatic heterocycles. The number of carbonyl (C=O) groups excluding carboxylic acids is 2. The summed E-state index contributed by atoms with van der Waals surface area (Å²) in [5, 5.41) is 6.72. The molecule has 2 N–H and O–H groups in total. The fourth-order valence-corrected chi connectivity index (χ4v) is 3.01. The number of anilines is 2. The number of benzene rings is 3. The monoisotopic (exact) mass is 424 g/mol. The van der Waals surface area contributed by atoms with Gasteiger partial charge in [0.15, 0.2) is 5.78 Å². The third kappa shape index (κ3) is 5.25. The van der Waals surface area contributed by atoms with Crippen molar-refractivity contribution >= 4 is 52.3 Å². The molecule has 0 aliphatic carbocycles. The van der Waals surface area contributed by atoms with E-state index in [1.54, 1.807) is 67.7 Å². The maximum Gasteiger partial charge on any atom is 0.257 e. The maximum absolute atomic E-state index is 12.5. The van der Waals surface area contributed by atoms with Gasteiger partial charge in [-0.25, -0.2) is 0 Å². The van der Waals surface area contributed by atoms with Crippen molar-refractivity contribution < 1.29 is 9.59 Å². The highest BCUT2D eigenvalue weighted by atomic mass is 35.5. The largest absolute Gasteiger partial charge is 0.387 e. The van der Waals surface area contributed by atoms with Gasteiger partial charge in [0.05, 0.1) is 15.6 Å². The van der Waals surface area contributed by atoms with Crippen LogP contribution in [0.3, 0.4) is 0 Å². The minimum absolute atomic E-state index is 0.158. The zero-order chi connectivity index (χ0) is 20.8. The first-order chi connectivity index (χ1) is 14.0. The normalized spacial score (nSPS) is 10.7. The van der Waals surface area contributed by atoms with Gasteiger partial charge < -0.3 is 10.6 Å². The van der Waals surface area contributed by atoms with Gasteiger partial charge in [-0.1, -0.05) is 47.5 Å². The van der Waals surface area contributed by atoms with Crippen LogP contribution in [0, 0.1) is 0 Å². The molecule has 6 heteroatoms. The highest BCUT2D eigenvalue weighted by Gasteiger charge is 2.10. The highest BCUT2D eigenvalue weighted by Crippen LogP contribution is 2.23. The molecule has 0 heterocycles. The van der Waals surface area contributed by atoms with E-state index in [2.05, 4.69) is 10.6 Å². The van der Waals surface area contributed by atoms with Gasteiger partial charge in [0.2, 0.25) is 0 Å². The van der Waals surface area contributed by atoms with Crippen molar-refractivity contribution in [1.29, 1.82) is 0 Å². The molecule has 3 aromatic rings. The van der Waals surface area contributed by atoms with E-state index in [4.69, 9.17) is 23.2 Å². The van der Waals surface area contributed by atoms with Crippen molar-refractivity contribution in [3.05, 3.63) is 99.5 Å². The number of rotatable bonds is 6. The van der Waals surface area contributed by atoms with Crippen molar-refractivity contribution in [1.82, 2.24) is 0 Å². The van der Waals surface area contributed by atoms with E-state index >= 15 is 0 Å². The second kappa shape index (κ2) is 9.41. The Morgan fingerprint density at radius 2 is 1.62 bits per heavy atom. The maximum atomic E-state index is 12.5. The summed E-state index contributed by atoms with van der Waals surface area (Å²) in [6.07, 6.45) is 3.14. The zero-order valence-corrected chi connectivity index (χ0v) is 17.1. The molecule has 0 saturated carbocycles. The zero-order valence-electron chi connectivity index (χ0n) is 15.6. The van der Waals surface area contributed by atoms with Crippen LogP contribution < -0.4 is 10.6 Å². The van der Waals surface area contributed by atoms with Crippen molar-refractivity contribution in [3.63, 3.8) is 0 Å². The molecule has 3 rings (SSSR count). The van der Waals surface area contributed by atoms with Gasteiger partial charge in [0.25, 0.3) is 5.91 Å². The number of hydrogen-bond donors (Lipinski definition) is 2. The lowest BCUT2D eigenvalue weighted by molar-refractivity contribution is 0.102. The molecular weight excluding hydrogens is 407 g/mol. The number of nitrogens with one attached hydrogen (secondary N) is 2. The number of ketones is 1. The molecule has 0 bridgehead atoms. The van der Waals surface area contributed by atoms with E-state index in [0.717, 1.165) is 11.3 Å². The molecule has 4 nitrogen and oxygen atoms in total. The average Bonchev–Trinajstić information content (AvgIpc) is 2.74. The lowest BCUT2D eigenvalue weighted by Gasteiger charge is -2.10. The molecule has 29 heavy (non-hydrogen) atoms. The van der Waals surface area contributed by atoms with Crippen LogP contribution in [-0.2, 0) is 0 Å². The standard InChI is InChI=1S/C23H18Cl2N2O2/c1-26-21-5-3-2-4-18(21)23(29)27-17-10-8-16(9-11-17)22(28)13-7-15-6-12-19(24)20(25)14-15/h2-14,26H,1H3,(H,27,29)/b13-7+. The molecule has 0 aliphatic rings. The SMILES string of the molecule is CNc1ccccc1C(=O)Nc1ccc(C(=O)/C=C/c2ccc(Cl)c(Cl)c2)cc1. The first-order valence-electron chi connectivity index (χ1n) is 8.83. The molecule has 146 valence electrons. The van der Waals surface area contributed by atoms with E-state index in [9.17, 15) is 9.59 Å². The Morgan fingerprint density at radius 1 is 0.897 bits per heavy atom. The van der Waals surface area contributed by atoms with Gasteiger partial charge in [-0.15, -0.1) is 0 Å². The molecule has 1 amide bonds. The number of allylic oxidation sites excluding steroid dienone is 1. The Balaban J connectivity index is 1.67. The summed E-state index contributed by atoms with van der Waals surface area (Å²) in [6, 6.07) is 19.1. The minimum Gasteiger partial charge on any atom is -0.387 e. The number of hydrogen-bond acceptors (Lipinski definition) is 3. The Hall–Kier alpha value is -3.08. The van der Waals surface area contributed by atoms with Crippen molar-refractivity contribution in [2.75, 3.05) is 17.7 Å². The molecule has 0 aliphatic heterocycles. The lowest BCUT2D eigenvalue weighted by atomic mass is 10.1. The van der Waals surface area contributed by atoms with Gasteiger partial charge in [-0.2, -0.15) is 0 Å². The fourth-order valence-electron chi connectivity index (χ4n) is 2.70. The van der Waals surface area contributed by atoms with Gasteiger partial charge in [-0.05, 0) is 60.2 Å². The van der Waals surface area contributed by atoms with Crippen LogP contribution >= 0.6 is 23.2 Å². The smallest absolute Gasteiger partial charge is 0.257 e. The van der Waals surface area contributed by atoms with E-state index in [1.165, 1.54) is 6.08 Å². The summed E-state index contributed by atoms with van der Waals surface area (Å²) in [4.78, 5) is 24.8. The predicted octanol–water partition coefficient (Wildman–Crippen LogP) is 6.18. The number of halogens is 2. The van der Waals surface area contributed by atoms with E-state index < -0.39 is 0 Å².